The number of nitrogens with zero attached hydrogens (tertiary/aromatic N) is 5. The summed E-state index contributed by atoms with van der Waals surface area (Å²) in [6.07, 6.45) is 5.89. The van der Waals surface area contributed by atoms with E-state index in [-0.39, 0.29) is 17.3 Å². The van der Waals surface area contributed by atoms with Crippen molar-refractivity contribution in [3.63, 3.8) is 0 Å². The highest BCUT2D eigenvalue weighted by molar-refractivity contribution is 7.86. The first-order valence-electron chi connectivity index (χ1n) is 9.58. The lowest BCUT2D eigenvalue weighted by atomic mass is 10.1. The van der Waals surface area contributed by atoms with Gasteiger partial charge in [-0.2, -0.15) is 8.42 Å². The Balaban J connectivity index is 1.77. The van der Waals surface area contributed by atoms with Gasteiger partial charge >= 0.3 is 10.1 Å². The molecule has 4 aromatic rings. The minimum atomic E-state index is -3.65. The summed E-state index contributed by atoms with van der Waals surface area (Å²) < 4.78 is 29.2. The van der Waals surface area contributed by atoms with Gasteiger partial charge in [0.25, 0.3) is 5.91 Å². The third kappa shape index (κ3) is 4.52. The van der Waals surface area contributed by atoms with Crippen LogP contribution in [0.4, 0.5) is 17.3 Å². The number of hydrogen-bond acceptors (Lipinski definition) is 10. The number of primary amides is 1. The molecule has 0 fully saturated rings. The zero-order valence-electron chi connectivity index (χ0n) is 17.9. The Labute approximate surface area is 189 Å². The van der Waals surface area contributed by atoms with Crippen molar-refractivity contribution in [3.05, 3.63) is 48.7 Å². The van der Waals surface area contributed by atoms with E-state index in [9.17, 15) is 13.2 Å². The number of pyridine rings is 1. The van der Waals surface area contributed by atoms with Crippen molar-refractivity contribution in [3.8, 4) is 17.0 Å². The van der Waals surface area contributed by atoms with Crippen molar-refractivity contribution < 1.29 is 17.4 Å². The van der Waals surface area contributed by atoms with Gasteiger partial charge in [0, 0.05) is 26.0 Å². The number of hydrogen-bond donors (Lipinski definition) is 3. The highest BCUT2D eigenvalue weighted by Crippen LogP contribution is 2.32. The van der Waals surface area contributed by atoms with Gasteiger partial charge in [0.15, 0.2) is 17.3 Å². The van der Waals surface area contributed by atoms with Crippen molar-refractivity contribution in [1.82, 2.24) is 24.5 Å². The summed E-state index contributed by atoms with van der Waals surface area (Å²) in [5.41, 5.74) is 8.40. The first-order chi connectivity index (χ1) is 15.7. The molecule has 0 aliphatic carbocycles. The Kier molecular flexibility index (Phi) is 5.55. The molecule has 3 aromatic heterocycles. The minimum Gasteiger partial charge on any atom is -0.383 e. The Morgan fingerprint density at radius 2 is 1.85 bits per heavy atom. The minimum absolute atomic E-state index is 0.0894. The Hall–Kier alpha value is -4.26. The smallest absolute Gasteiger partial charge is 0.306 e. The number of carbonyl (C=O) groups is 1. The molecule has 0 aliphatic heterocycles. The van der Waals surface area contributed by atoms with Crippen molar-refractivity contribution in [2.75, 3.05) is 23.9 Å². The summed E-state index contributed by atoms with van der Waals surface area (Å²) in [6.45, 7) is 0. The van der Waals surface area contributed by atoms with Crippen LogP contribution in [-0.4, -0.2) is 52.1 Å². The molecule has 0 bridgehead atoms. The second-order valence-electron chi connectivity index (χ2n) is 7.08. The third-order valence-corrected chi connectivity index (χ3v) is 5.12. The van der Waals surface area contributed by atoms with Gasteiger partial charge in [-0.05, 0) is 24.3 Å². The molecule has 0 saturated carbocycles. The summed E-state index contributed by atoms with van der Waals surface area (Å²) in [6, 6.07) is 6.06. The predicted octanol–water partition coefficient (Wildman–Crippen LogP) is 1.65. The fourth-order valence-electron chi connectivity index (χ4n) is 3.18. The molecule has 3 heterocycles. The normalized spacial score (nSPS) is 11.4. The molecular formula is C20H20N8O4S. The Morgan fingerprint density at radius 1 is 1.12 bits per heavy atom. The second kappa shape index (κ2) is 8.35. The van der Waals surface area contributed by atoms with Crippen LogP contribution < -0.4 is 20.6 Å². The van der Waals surface area contributed by atoms with Crippen LogP contribution in [0, 0.1) is 0 Å². The van der Waals surface area contributed by atoms with E-state index >= 15 is 0 Å². The molecule has 12 nitrogen and oxygen atoms in total. The van der Waals surface area contributed by atoms with Crippen molar-refractivity contribution >= 4 is 44.4 Å². The second-order valence-corrected chi connectivity index (χ2v) is 8.65. The quantitative estimate of drug-likeness (QED) is 0.339. The molecule has 0 radical (unpaired) electrons. The highest BCUT2D eigenvalue weighted by Gasteiger charge is 2.21. The number of rotatable bonds is 7. The molecule has 4 rings (SSSR count). The van der Waals surface area contributed by atoms with Gasteiger partial charge in [0.2, 0.25) is 0 Å². The topological polar surface area (TPSA) is 167 Å². The van der Waals surface area contributed by atoms with E-state index in [2.05, 4.69) is 30.6 Å². The van der Waals surface area contributed by atoms with Crippen LogP contribution in [-0.2, 0) is 17.2 Å². The largest absolute Gasteiger partial charge is 0.383 e. The van der Waals surface area contributed by atoms with Gasteiger partial charge in [-0.3, -0.25) is 9.78 Å². The number of imidazole rings is 1. The third-order valence-electron chi connectivity index (χ3n) is 4.62. The van der Waals surface area contributed by atoms with Crippen LogP contribution in [0.2, 0.25) is 0 Å². The van der Waals surface area contributed by atoms with Crippen molar-refractivity contribution in [2.45, 2.75) is 0 Å². The van der Waals surface area contributed by atoms with Gasteiger partial charge in [-0.25, -0.2) is 15.0 Å². The average molecular weight is 468 g/mol. The predicted molar refractivity (Wildman–Crippen MR) is 123 cm³/mol. The van der Waals surface area contributed by atoms with E-state index < -0.39 is 16.0 Å². The van der Waals surface area contributed by atoms with Crippen LogP contribution >= 0.6 is 0 Å². The molecule has 0 aliphatic rings. The number of nitrogens with one attached hydrogen (secondary N) is 2. The molecule has 33 heavy (non-hydrogen) atoms. The lowest BCUT2D eigenvalue weighted by Crippen LogP contribution is -2.18. The summed E-state index contributed by atoms with van der Waals surface area (Å²) in [5.74, 6) is -0.147. The number of carbonyl (C=O) groups excluding carboxylic acids is 1. The van der Waals surface area contributed by atoms with E-state index in [1.165, 1.54) is 12.1 Å². The number of nitrogens with two attached hydrogens (primary N) is 1. The first-order valence-corrected chi connectivity index (χ1v) is 11.4. The molecule has 170 valence electrons. The van der Waals surface area contributed by atoms with Crippen LogP contribution in [0.1, 0.15) is 10.5 Å². The summed E-state index contributed by atoms with van der Waals surface area (Å²) in [5, 5.41) is 5.96. The van der Waals surface area contributed by atoms with Crippen LogP contribution in [0.5, 0.6) is 5.75 Å². The molecular weight excluding hydrogens is 448 g/mol. The maximum atomic E-state index is 12.2. The molecule has 0 atom stereocenters. The van der Waals surface area contributed by atoms with Crippen molar-refractivity contribution in [2.24, 2.45) is 12.8 Å². The van der Waals surface area contributed by atoms with Gasteiger partial charge in [-0.15, -0.1) is 0 Å². The fraction of sp³-hybridized carbons (Fsp3) is 0.150. The van der Waals surface area contributed by atoms with E-state index in [0.717, 1.165) is 11.8 Å². The van der Waals surface area contributed by atoms with Crippen LogP contribution in [0.25, 0.3) is 22.3 Å². The van der Waals surface area contributed by atoms with Gasteiger partial charge in [0.1, 0.15) is 17.0 Å². The van der Waals surface area contributed by atoms with E-state index in [1.54, 1.807) is 37.9 Å². The number of aryl methyl sites for hydroxylation is 1. The van der Waals surface area contributed by atoms with Gasteiger partial charge in [0.05, 0.1) is 29.9 Å². The van der Waals surface area contributed by atoms with E-state index in [4.69, 9.17) is 9.92 Å². The van der Waals surface area contributed by atoms with E-state index in [0.29, 0.717) is 28.3 Å². The number of amides is 1. The maximum Gasteiger partial charge on any atom is 0.306 e. The molecule has 13 heteroatoms. The lowest BCUT2D eigenvalue weighted by Gasteiger charge is -2.14. The zero-order valence-corrected chi connectivity index (χ0v) is 18.7. The number of aromatic nitrogens is 5. The standard InChI is InChI=1S/C20H20N8O4S/c1-22-19-16(13-8-23-9-14-15(13)24-10-28(14)2)26-17(18(21)29)20(27-19)25-11-4-6-12(7-5-11)32-33(3,30)31/h4-10H,1-3H3,(H2,21,29)(H2,22,25,27). The Bertz CT molecular complexity index is 1470. The Morgan fingerprint density at radius 3 is 2.48 bits per heavy atom. The monoisotopic (exact) mass is 468 g/mol. The molecule has 1 aromatic carbocycles. The van der Waals surface area contributed by atoms with Crippen molar-refractivity contribution in [1.29, 1.82) is 0 Å². The summed E-state index contributed by atoms with van der Waals surface area (Å²) in [7, 11) is -0.127. The van der Waals surface area contributed by atoms with Gasteiger partial charge in [-0.1, -0.05) is 0 Å². The average Bonchev–Trinajstić information content (AvgIpc) is 3.14. The molecule has 0 spiro atoms. The summed E-state index contributed by atoms with van der Waals surface area (Å²) >= 11 is 0. The molecule has 0 unspecified atom stereocenters. The highest BCUT2D eigenvalue weighted by atomic mass is 32.2. The number of fused-ring (bicyclic) bond motifs is 1. The summed E-state index contributed by atoms with van der Waals surface area (Å²) in [4.78, 5) is 29.9. The zero-order chi connectivity index (χ0) is 23.8. The SMILES string of the molecule is CNc1nc(Nc2ccc(OS(C)(=O)=O)cc2)c(C(N)=O)nc1-c1cncc2c1ncn2C. The van der Waals surface area contributed by atoms with E-state index in [1.807, 2.05) is 11.6 Å². The molecule has 4 N–H and O–H groups in total. The van der Waals surface area contributed by atoms with Crippen LogP contribution in [0.15, 0.2) is 43.0 Å². The number of benzene rings is 1. The lowest BCUT2D eigenvalue weighted by molar-refractivity contribution is 0.0996. The van der Waals surface area contributed by atoms with Gasteiger partial charge < -0.3 is 25.1 Å². The van der Waals surface area contributed by atoms with Crippen LogP contribution in [0.3, 0.4) is 0 Å². The fourth-order valence-corrected chi connectivity index (χ4v) is 3.64. The number of anilines is 3. The molecule has 0 saturated heterocycles. The first kappa shape index (κ1) is 22.0. The maximum absolute atomic E-state index is 12.2. The molecule has 1 amide bonds.